The zero-order valence-corrected chi connectivity index (χ0v) is 82.0. The summed E-state index contributed by atoms with van der Waals surface area (Å²) in [6, 6.07) is 170. The first-order valence-corrected chi connectivity index (χ1v) is 51.8. The summed E-state index contributed by atoms with van der Waals surface area (Å²) in [4.78, 5) is 0. The lowest BCUT2D eigenvalue weighted by atomic mass is 9.76. The minimum Gasteiger partial charge on any atom is -0.457 e. The van der Waals surface area contributed by atoms with Crippen molar-refractivity contribution in [2.75, 3.05) is 0 Å². The highest BCUT2D eigenvalue weighted by atomic mass is 16.5. The predicted octanol–water partition coefficient (Wildman–Crippen LogP) is 39.9. The summed E-state index contributed by atoms with van der Waals surface area (Å²) in [5, 5.41) is 38.5. The van der Waals surface area contributed by atoms with Crippen LogP contribution in [0.5, 0.6) is 57.5 Å². The summed E-state index contributed by atoms with van der Waals surface area (Å²) >= 11 is 0. The Labute approximate surface area is 852 Å². The topological polar surface area (TPSA) is 46.2 Å². The smallest absolute Gasteiger partial charge is 0.132 e. The Hall–Kier alpha value is -17.9. The lowest BCUT2D eigenvalue weighted by Crippen LogP contribution is -2.16. The fraction of sp³-hybridized carbons (Fsp3) is 0.0845. The Morgan fingerprint density at radius 2 is 0.415 bits per heavy atom. The van der Waals surface area contributed by atoms with Crippen molar-refractivity contribution in [2.24, 2.45) is 5.92 Å². The average molecular weight is 1890 g/mol. The summed E-state index contributed by atoms with van der Waals surface area (Å²) in [6.07, 6.45) is 2.28. The van der Waals surface area contributed by atoms with Gasteiger partial charge in [0.1, 0.15) is 57.5 Å². The highest BCUT2D eigenvalue weighted by Crippen LogP contribution is 2.60. The van der Waals surface area contributed by atoms with E-state index in [-0.39, 0.29) is 11.8 Å². The molecule has 5 aliphatic rings. The van der Waals surface area contributed by atoms with Crippen molar-refractivity contribution in [3.63, 3.8) is 0 Å². The Kier molecular flexibility index (Phi) is 21.1. The highest BCUT2D eigenvalue weighted by Gasteiger charge is 2.39. The first-order valence-electron chi connectivity index (χ1n) is 51.8. The molecule has 0 bridgehead atoms. The predicted molar refractivity (Wildman–Crippen MR) is 614 cm³/mol. The zero-order chi connectivity index (χ0) is 97.6. The number of ether oxygens (including phenoxy) is 5. The standard InChI is InChI=1S/C37H22O.C35H22O.2C24H20O.C22H16O/c1-3-10-27-22(6-1)16-20-31-35(27)37(36-28-11-4-2-7-23(28)17-21-32(36)38-31)30-19-15-26-13-12-24-8-5-9-25-14-18-29(30)34(26)33(24)25;1-5-13-26-22(9-1)17-19-31-33(26)35(34-27-14-6-2-10-23(27)18-20-32(34)36-31)30-21-24-11-3-4-12-25(24)28-15-7-8-16-29(28)30;1-15(2)22-23-18-9-5-3-7-16(18)11-13-20(23)25-21-14-12-17-8-4-6-10-19(17)24(21)22;1-2-7-20-23-18-10-5-3-8-16(18)12-14-21(23)25-22-15-13-17-9-4-6-11-19(17)24(20)22;1-14-21-17-8-4-2-6-15(17)10-12-19(21)23-20-13-11-16-7-3-5-9-18(16)22(14)20/h1-21,37H;1-21,35H;3-15,22H,1-2H3;3-6,8-15,20H,2,7H2,1H3;2-14H,1H3. The molecular formula is C142H100O5. The van der Waals surface area contributed by atoms with E-state index >= 15 is 0 Å². The molecule has 0 amide bonds. The molecule has 5 nitrogen and oxygen atoms in total. The third kappa shape index (κ3) is 14.4. The van der Waals surface area contributed by atoms with Crippen LogP contribution in [-0.2, 0) is 0 Å². The molecular weight excluding hydrogens is 1790 g/mol. The molecule has 0 atom stereocenters. The van der Waals surface area contributed by atoms with Gasteiger partial charge in [0.15, 0.2) is 0 Å². The van der Waals surface area contributed by atoms with Crippen LogP contribution >= 0.6 is 0 Å². The van der Waals surface area contributed by atoms with E-state index in [4.69, 9.17) is 23.7 Å². The largest absolute Gasteiger partial charge is 0.457 e. The lowest BCUT2D eigenvalue weighted by molar-refractivity contribution is 0.424. The molecule has 0 saturated heterocycles. The Morgan fingerprint density at radius 3 is 0.748 bits per heavy atom. The van der Waals surface area contributed by atoms with Gasteiger partial charge in [0.25, 0.3) is 0 Å². The Morgan fingerprint density at radius 1 is 0.184 bits per heavy atom. The summed E-state index contributed by atoms with van der Waals surface area (Å²) in [5.74, 6) is 11.4. The monoisotopic (exact) mass is 1880 g/mol. The molecule has 27 aromatic carbocycles. The maximum Gasteiger partial charge on any atom is 0.132 e. The molecule has 0 unspecified atom stereocenters. The second kappa shape index (κ2) is 35.6. The van der Waals surface area contributed by atoms with Crippen molar-refractivity contribution >= 4 is 162 Å². The van der Waals surface area contributed by atoms with E-state index in [1.54, 1.807) is 0 Å². The first kappa shape index (κ1) is 86.9. The van der Waals surface area contributed by atoms with Crippen LogP contribution in [-0.4, -0.2) is 0 Å². The normalized spacial score (nSPS) is 13.4. The molecule has 0 N–H and O–H groups in total. The van der Waals surface area contributed by atoms with Crippen LogP contribution in [0.4, 0.5) is 0 Å². The van der Waals surface area contributed by atoms with Gasteiger partial charge in [-0.15, -0.1) is 0 Å². The quantitative estimate of drug-likeness (QED) is 0.161. The second-order valence-corrected chi connectivity index (χ2v) is 40.4. The molecule has 0 aliphatic carbocycles. The Bertz CT molecular complexity index is 9620. The molecule has 0 fully saturated rings. The van der Waals surface area contributed by atoms with Gasteiger partial charge in [0, 0.05) is 85.2 Å². The maximum absolute atomic E-state index is 6.67. The van der Waals surface area contributed by atoms with Gasteiger partial charge in [-0.3, -0.25) is 0 Å². The number of hydrogen-bond donors (Lipinski definition) is 0. The van der Waals surface area contributed by atoms with Gasteiger partial charge < -0.3 is 23.7 Å². The van der Waals surface area contributed by atoms with Crippen LogP contribution in [0.15, 0.2) is 473 Å². The summed E-state index contributed by atoms with van der Waals surface area (Å²) in [5.41, 5.74) is 15.6. The third-order valence-electron chi connectivity index (χ3n) is 32.0. The van der Waals surface area contributed by atoms with Crippen LogP contribution in [0.3, 0.4) is 0 Å². The van der Waals surface area contributed by atoms with E-state index in [9.17, 15) is 0 Å². The van der Waals surface area contributed by atoms with Crippen LogP contribution in [0, 0.1) is 5.92 Å². The van der Waals surface area contributed by atoms with E-state index in [0.717, 1.165) is 70.3 Å². The number of rotatable bonds is 5. The molecule has 0 radical (unpaired) electrons. The van der Waals surface area contributed by atoms with Crippen molar-refractivity contribution < 1.29 is 23.7 Å². The van der Waals surface area contributed by atoms with Gasteiger partial charge in [0.2, 0.25) is 0 Å². The Balaban J connectivity index is 0.0000000902. The van der Waals surface area contributed by atoms with Crippen molar-refractivity contribution in [3.05, 3.63) is 540 Å². The van der Waals surface area contributed by atoms with Gasteiger partial charge in [-0.2, -0.15) is 0 Å². The third-order valence-corrected chi connectivity index (χ3v) is 32.0. The fourth-order valence-corrected chi connectivity index (χ4v) is 25.6. The van der Waals surface area contributed by atoms with Crippen LogP contribution in [0.2, 0.25) is 0 Å². The molecule has 32 rings (SSSR count). The summed E-state index contributed by atoms with van der Waals surface area (Å²) in [6.45, 7) is 9.18. The lowest BCUT2D eigenvalue weighted by Gasteiger charge is -2.33. The maximum atomic E-state index is 6.67. The van der Waals surface area contributed by atoms with Crippen LogP contribution < -0.4 is 23.7 Å². The molecule has 0 spiro atoms. The first-order chi connectivity index (χ1) is 72.6. The molecule has 5 heterocycles. The molecule has 5 aliphatic heterocycles. The molecule has 27 aromatic rings. The number of benzene rings is 27. The van der Waals surface area contributed by atoms with E-state index in [0.29, 0.717) is 23.7 Å². The number of hydrogen-bond acceptors (Lipinski definition) is 5. The van der Waals surface area contributed by atoms with Crippen molar-refractivity contribution in [3.8, 4) is 57.5 Å². The minimum absolute atomic E-state index is 0.0375. The fourth-order valence-electron chi connectivity index (χ4n) is 25.6. The van der Waals surface area contributed by atoms with E-state index in [1.165, 1.54) is 228 Å². The zero-order valence-electron chi connectivity index (χ0n) is 82.0. The van der Waals surface area contributed by atoms with Crippen molar-refractivity contribution in [1.29, 1.82) is 0 Å². The van der Waals surface area contributed by atoms with Crippen LogP contribution in [0.25, 0.3) is 162 Å². The van der Waals surface area contributed by atoms with Crippen molar-refractivity contribution in [1.82, 2.24) is 0 Å². The molecule has 147 heavy (non-hydrogen) atoms. The average Bonchev–Trinajstić information content (AvgIpc) is 0.690. The van der Waals surface area contributed by atoms with E-state index in [2.05, 4.69) is 501 Å². The SMILES string of the molecule is CC(C)C1c2c(ccc3ccccc23)Oc2ccc3ccccc3c21.CC1c2c(ccc3ccccc23)Oc2ccc3ccccc3c21.CCCC1c2c(ccc3ccccc23)Oc2ccc3ccccc3c21.c1ccc2c3c(ccc2c1)Oc1ccc2ccccc2c1C3c1cc2ccccc2c2ccccc12.c1ccc2c3c(ccc2c1)Oc1ccc2ccccc2c1C3c1ccc2ccc3cccc4ccc1c2c34. The van der Waals surface area contributed by atoms with E-state index in [1.807, 2.05) is 0 Å². The summed E-state index contributed by atoms with van der Waals surface area (Å²) < 4.78 is 32.3. The van der Waals surface area contributed by atoms with Gasteiger partial charge in [0.05, 0.1) is 0 Å². The van der Waals surface area contributed by atoms with E-state index < -0.39 is 0 Å². The van der Waals surface area contributed by atoms with Crippen molar-refractivity contribution in [2.45, 2.75) is 70.1 Å². The van der Waals surface area contributed by atoms with Gasteiger partial charge in [-0.25, -0.2) is 0 Å². The highest BCUT2D eigenvalue weighted by molar-refractivity contribution is 6.24. The number of fused-ring (bicyclic) bond motifs is 33. The minimum atomic E-state index is 0.0375. The molecule has 5 heteroatoms. The van der Waals surface area contributed by atoms with Gasteiger partial charge >= 0.3 is 0 Å². The van der Waals surface area contributed by atoms with Crippen LogP contribution in [0.1, 0.15) is 137 Å². The summed E-state index contributed by atoms with van der Waals surface area (Å²) in [7, 11) is 0. The van der Waals surface area contributed by atoms with Gasteiger partial charge in [-0.05, 0) is 252 Å². The molecule has 0 saturated carbocycles. The second-order valence-electron chi connectivity index (χ2n) is 40.4. The van der Waals surface area contributed by atoms with Gasteiger partial charge in [-0.1, -0.05) is 441 Å². The molecule has 0 aromatic heterocycles. The molecule has 698 valence electrons.